The largest absolute Gasteiger partial charge is 0.432 e. The number of hydrogen-bond acceptors (Lipinski definition) is 3. The molecule has 0 spiro atoms. The van der Waals surface area contributed by atoms with Crippen LogP contribution in [0.25, 0.3) is 5.70 Å². The number of carbonyl (C=O) groups is 1. The molecule has 0 atom stereocenters. The van der Waals surface area contributed by atoms with Crippen molar-refractivity contribution in [2.24, 2.45) is 16.5 Å². The van der Waals surface area contributed by atoms with Crippen LogP contribution < -0.4 is 11.5 Å². The summed E-state index contributed by atoms with van der Waals surface area (Å²) in [6.07, 6.45) is -2.53. The number of ketones is 1. The lowest BCUT2D eigenvalue weighted by Gasteiger charge is -2.07. The number of amidine groups is 1. The molecule has 0 aliphatic carbocycles. The van der Waals surface area contributed by atoms with E-state index in [0.29, 0.717) is 18.4 Å². The van der Waals surface area contributed by atoms with Crippen molar-refractivity contribution in [3.63, 3.8) is 0 Å². The molecule has 4 N–H and O–H groups in total. The first-order valence-electron chi connectivity index (χ1n) is 6.76. The van der Waals surface area contributed by atoms with Gasteiger partial charge in [0, 0.05) is 18.2 Å². The average Bonchev–Trinajstić information content (AvgIpc) is 2.44. The highest BCUT2D eigenvalue weighted by Crippen LogP contribution is 2.24. The Bertz CT molecular complexity index is 661. The molecule has 4 nitrogen and oxygen atoms in total. The molecule has 0 aromatic heterocycles. The van der Waals surface area contributed by atoms with Crippen LogP contribution in [0.5, 0.6) is 0 Å². The van der Waals surface area contributed by atoms with Crippen LogP contribution in [0.1, 0.15) is 24.5 Å². The van der Waals surface area contributed by atoms with Crippen LogP contribution in [-0.4, -0.2) is 17.8 Å². The van der Waals surface area contributed by atoms with Gasteiger partial charge >= 0.3 is 6.18 Å². The molecule has 0 amide bonds. The molecule has 7 heteroatoms. The number of nitrogens with zero attached hydrogens (tertiary/aromatic N) is 1. The highest BCUT2D eigenvalue weighted by atomic mass is 19.4. The molecule has 1 aromatic rings. The van der Waals surface area contributed by atoms with E-state index >= 15 is 0 Å². The Morgan fingerprint density at radius 3 is 2.57 bits per heavy atom. The van der Waals surface area contributed by atoms with E-state index in [4.69, 9.17) is 11.5 Å². The molecule has 124 valence electrons. The Hall–Kier alpha value is -2.57. The number of rotatable bonds is 6. The molecule has 23 heavy (non-hydrogen) atoms. The van der Waals surface area contributed by atoms with Crippen LogP contribution >= 0.6 is 0 Å². The monoisotopic (exact) mass is 325 g/mol. The number of Topliss-reactive ketones (excluding diaryl/α,β-unsaturated/α-hetero) is 1. The molecule has 0 heterocycles. The minimum atomic E-state index is -4.64. The molecule has 0 radical (unpaired) electrons. The number of allylic oxidation sites excluding steroid dienone is 1. The number of aliphatic imine (C=N–C) groups is 1. The fraction of sp³-hybridized carbons (Fsp3) is 0.250. The molecule has 0 saturated heterocycles. The second kappa shape index (κ2) is 7.62. The van der Waals surface area contributed by atoms with Crippen LogP contribution in [0.15, 0.2) is 47.6 Å². The van der Waals surface area contributed by atoms with E-state index in [1.54, 1.807) is 18.2 Å². The smallest absolute Gasteiger partial charge is 0.398 e. The van der Waals surface area contributed by atoms with Crippen molar-refractivity contribution >= 4 is 17.3 Å². The van der Waals surface area contributed by atoms with E-state index in [0.717, 1.165) is 11.6 Å². The van der Waals surface area contributed by atoms with Crippen molar-refractivity contribution in [3.8, 4) is 0 Å². The Morgan fingerprint density at radius 1 is 1.35 bits per heavy atom. The van der Waals surface area contributed by atoms with Gasteiger partial charge in [0.1, 0.15) is 17.3 Å². The fourth-order valence-corrected chi connectivity index (χ4v) is 1.72. The van der Waals surface area contributed by atoms with Crippen molar-refractivity contribution in [3.05, 3.63) is 53.7 Å². The van der Waals surface area contributed by atoms with Gasteiger partial charge in [-0.1, -0.05) is 24.8 Å². The minimum absolute atomic E-state index is 0.0703. The lowest BCUT2D eigenvalue weighted by Crippen LogP contribution is -2.16. The summed E-state index contributed by atoms with van der Waals surface area (Å²) in [4.78, 5) is 14.2. The average molecular weight is 325 g/mol. The molecule has 0 aliphatic rings. The van der Waals surface area contributed by atoms with E-state index < -0.39 is 11.9 Å². The van der Waals surface area contributed by atoms with Crippen LogP contribution in [0.2, 0.25) is 0 Å². The van der Waals surface area contributed by atoms with Gasteiger partial charge in [-0.05, 0) is 30.5 Å². The highest BCUT2D eigenvalue weighted by molar-refractivity contribution is 5.98. The number of alkyl halides is 3. The number of nitrogens with two attached hydrogens (primary N) is 2. The number of aryl methyl sites for hydroxylation is 1. The predicted molar refractivity (Wildman–Crippen MR) is 84.4 cm³/mol. The van der Waals surface area contributed by atoms with Gasteiger partial charge in [-0.2, -0.15) is 13.2 Å². The Kier molecular flexibility index (Phi) is 6.12. The van der Waals surface area contributed by atoms with Crippen molar-refractivity contribution < 1.29 is 18.0 Å². The van der Waals surface area contributed by atoms with Crippen molar-refractivity contribution in [1.82, 2.24) is 0 Å². The maximum Gasteiger partial charge on any atom is 0.432 e. The van der Waals surface area contributed by atoms with E-state index in [-0.39, 0.29) is 17.3 Å². The first-order valence-corrected chi connectivity index (χ1v) is 6.76. The number of halogens is 3. The van der Waals surface area contributed by atoms with E-state index in [1.165, 1.54) is 6.92 Å². The number of carbonyl (C=O) groups excluding carboxylic acids is 1. The third-order valence-corrected chi connectivity index (χ3v) is 2.92. The predicted octanol–water partition coefficient (Wildman–Crippen LogP) is 2.94. The van der Waals surface area contributed by atoms with Gasteiger partial charge in [-0.15, -0.1) is 0 Å². The topological polar surface area (TPSA) is 81.5 Å². The summed E-state index contributed by atoms with van der Waals surface area (Å²) in [5.41, 5.74) is 11.6. The van der Waals surface area contributed by atoms with Crippen LogP contribution in [0, 0.1) is 0 Å². The van der Waals surface area contributed by atoms with Gasteiger partial charge in [0.15, 0.2) is 0 Å². The molecule has 0 saturated carbocycles. The molecule has 0 unspecified atom stereocenters. The molecule has 1 aromatic carbocycles. The number of hydrogen-bond donors (Lipinski definition) is 2. The quantitative estimate of drug-likeness (QED) is 0.623. The fourth-order valence-electron chi connectivity index (χ4n) is 1.72. The van der Waals surface area contributed by atoms with Crippen molar-refractivity contribution in [1.29, 1.82) is 0 Å². The zero-order chi connectivity index (χ0) is 17.6. The second-order valence-electron chi connectivity index (χ2n) is 4.98. The molecular formula is C16H18F3N3O. The van der Waals surface area contributed by atoms with E-state index in [1.807, 2.05) is 6.07 Å². The van der Waals surface area contributed by atoms with Crippen LogP contribution in [0.4, 0.5) is 13.2 Å². The zero-order valence-corrected chi connectivity index (χ0v) is 12.7. The third kappa shape index (κ3) is 6.37. The molecule has 0 fully saturated rings. The summed E-state index contributed by atoms with van der Waals surface area (Å²) in [5.74, 6) is -0.320. The minimum Gasteiger partial charge on any atom is -0.398 e. The zero-order valence-electron chi connectivity index (χ0n) is 12.7. The highest BCUT2D eigenvalue weighted by Gasteiger charge is 2.32. The van der Waals surface area contributed by atoms with Crippen LogP contribution in [0.3, 0.4) is 0 Å². The lowest BCUT2D eigenvalue weighted by molar-refractivity contribution is -0.117. The van der Waals surface area contributed by atoms with Crippen molar-refractivity contribution in [2.75, 3.05) is 0 Å². The normalized spacial score (nSPS) is 13.0. The second-order valence-corrected chi connectivity index (χ2v) is 4.98. The van der Waals surface area contributed by atoms with E-state index in [9.17, 15) is 18.0 Å². The molecule has 0 aliphatic heterocycles. The SMILES string of the molecule is C=C(N=C(N)/C=C(\N)c1cccc(CCC(C)=O)c1)C(F)(F)F. The van der Waals surface area contributed by atoms with Gasteiger partial charge in [0.25, 0.3) is 0 Å². The molecular weight excluding hydrogens is 307 g/mol. The van der Waals surface area contributed by atoms with Gasteiger partial charge in [-0.3, -0.25) is 0 Å². The summed E-state index contributed by atoms with van der Waals surface area (Å²) in [6, 6.07) is 7.02. The van der Waals surface area contributed by atoms with E-state index in [2.05, 4.69) is 11.6 Å². The summed E-state index contributed by atoms with van der Waals surface area (Å²) in [7, 11) is 0. The molecule has 1 rings (SSSR count). The third-order valence-electron chi connectivity index (χ3n) is 2.92. The number of benzene rings is 1. The Morgan fingerprint density at radius 2 is 2.00 bits per heavy atom. The Balaban J connectivity index is 2.93. The summed E-state index contributed by atoms with van der Waals surface area (Å²) >= 11 is 0. The van der Waals surface area contributed by atoms with Gasteiger partial charge in [0.2, 0.25) is 0 Å². The maximum atomic E-state index is 12.3. The Labute approximate surface area is 132 Å². The summed E-state index contributed by atoms with van der Waals surface area (Å²) < 4.78 is 37.0. The summed E-state index contributed by atoms with van der Waals surface area (Å²) in [5, 5.41) is 0. The standard InChI is InChI=1S/C16H18F3N3O/c1-10(23)6-7-12-4-3-5-13(8-12)14(20)9-15(21)22-11(2)16(17,18)19/h3-5,8-9H,2,6-7,20H2,1H3,(H2,21,22)/b14-9-. The first-order chi connectivity index (χ1) is 10.6. The van der Waals surface area contributed by atoms with Gasteiger partial charge < -0.3 is 16.3 Å². The first kappa shape index (κ1) is 18.5. The van der Waals surface area contributed by atoms with Crippen molar-refractivity contribution in [2.45, 2.75) is 25.9 Å². The lowest BCUT2D eigenvalue weighted by atomic mass is 10.0. The maximum absolute atomic E-state index is 12.3. The van der Waals surface area contributed by atoms with Gasteiger partial charge in [0.05, 0.1) is 0 Å². The summed E-state index contributed by atoms with van der Waals surface area (Å²) in [6.45, 7) is 4.31. The van der Waals surface area contributed by atoms with Gasteiger partial charge in [-0.25, -0.2) is 4.99 Å². The molecule has 0 bridgehead atoms. The van der Waals surface area contributed by atoms with Crippen LogP contribution in [-0.2, 0) is 11.2 Å².